The number of rotatable bonds is 2. The topological polar surface area (TPSA) is 32.3 Å². The Labute approximate surface area is 98.6 Å². The van der Waals surface area contributed by atoms with Crippen LogP contribution in [0.4, 0.5) is 0 Å². The smallest absolute Gasteiger partial charge is 0.239 e. The Morgan fingerprint density at radius 2 is 1.75 bits per heavy atom. The van der Waals surface area contributed by atoms with Crippen LogP contribution >= 0.6 is 0 Å². The van der Waals surface area contributed by atoms with Crippen molar-refractivity contribution in [2.75, 3.05) is 13.6 Å². The van der Waals surface area contributed by atoms with Gasteiger partial charge in [-0.25, -0.2) is 0 Å². The molecule has 1 amide bonds. The quantitative estimate of drug-likeness (QED) is 0.777. The first-order chi connectivity index (χ1) is 7.79. The molecule has 16 heavy (non-hydrogen) atoms. The van der Waals surface area contributed by atoms with E-state index in [2.05, 4.69) is 5.32 Å². The van der Waals surface area contributed by atoms with Gasteiger partial charge in [0.25, 0.3) is 0 Å². The molecule has 1 aliphatic heterocycles. The number of likely N-dealkylation sites (N-methyl/N-ethyl adjacent to an activating group) is 1. The lowest BCUT2D eigenvalue weighted by atomic mass is 9.93. The second-order valence-corrected chi connectivity index (χ2v) is 5.24. The minimum absolute atomic E-state index is 0.0978. The molecule has 0 aromatic carbocycles. The standard InChI is InChI=1S/C13H24N2O/c1-15(11-7-3-2-4-8-11)13(16)12-9-5-6-10-14-12/h11-12,14H,2-10H2,1H3/t12-/m0/s1. The van der Waals surface area contributed by atoms with Gasteiger partial charge in [-0.2, -0.15) is 0 Å². The highest BCUT2D eigenvalue weighted by Gasteiger charge is 2.28. The number of carbonyl (C=O) groups excluding carboxylic acids is 1. The summed E-state index contributed by atoms with van der Waals surface area (Å²) in [5, 5.41) is 3.35. The summed E-state index contributed by atoms with van der Waals surface area (Å²) in [5.41, 5.74) is 0. The molecule has 3 nitrogen and oxygen atoms in total. The molecule has 2 aliphatic rings. The maximum atomic E-state index is 12.3. The van der Waals surface area contributed by atoms with Gasteiger partial charge < -0.3 is 10.2 Å². The monoisotopic (exact) mass is 224 g/mol. The zero-order valence-electron chi connectivity index (χ0n) is 10.4. The van der Waals surface area contributed by atoms with Crippen LogP contribution in [0.2, 0.25) is 0 Å². The summed E-state index contributed by atoms with van der Waals surface area (Å²) >= 11 is 0. The lowest BCUT2D eigenvalue weighted by molar-refractivity contribution is -0.135. The summed E-state index contributed by atoms with van der Waals surface area (Å²) in [6, 6.07) is 0.602. The van der Waals surface area contributed by atoms with Crippen LogP contribution in [-0.2, 0) is 4.79 Å². The van der Waals surface area contributed by atoms with Crippen molar-refractivity contribution in [2.45, 2.75) is 63.5 Å². The van der Waals surface area contributed by atoms with E-state index >= 15 is 0 Å². The lowest BCUT2D eigenvalue weighted by Crippen LogP contribution is -2.50. The van der Waals surface area contributed by atoms with Crippen molar-refractivity contribution < 1.29 is 4.79 Å². The molecule has 92 valence electrons. The molecule has 3 heteroatoms. The molecule has 0 unspecified atom stereocenters. The fraction of sp³-hybridized carbons (Fsp3) is 0.923. The number of nitrogens with zero attached hydrogens (tertiary/aromatic N) is 1. The van der Waals surface area contributed by atoms with Gasteiger partial charge in [0, 0.05) is 13.1 Å². The van der Waals surface area contributed by atoms with Gasteiger partial charge >= 0.3 is 0 Å². The first-order valence-corrected chi connectivity index (χ1v) is 6.79. The summed E-state index contributed by atoms with van der Waals surface area (Å²) in [5.74, 6) is 0.326. The van der Waals surface area contributed by atoms with E-state index < -0.39 is 0 Å². The van der Waals surface area contributed by atoms with Crippen LogP contribution in [0.1, 0.15) is 51.4 Å². The zero-order valence-corrected chi connectivity index (χ0v) is 10.4. The Kier molecular flexibility index (Phi) is 4.22. The normalized spacial score (nSPS) is 27.7. The van der Waals surface area contributed by atoms with Gasteiger partial charge in [0.1, 0.15) is 0 Å². The Bertz CT molecular complexity index is 230. The Hall–Kier alpha value is -0.570. The molecule has 0 radical (unpaired) electrons. The highest BCUT2D eigenvalue weighted by Crippen LogP contribution is 2.22. The van der Waals surface area contributed by atoms with E-state index in [0.717, 1.165) is 13.0 Å². The van der Waals surface area contributed by atoms with Gasteiger partial charge in [-0.05, 0) is 32.2 Å². The number of hydrogen-bond donors (Lipinski definition) is 1. The third-order valence-electron chi connectivity index (χ3n) is 4.08. The van der Waals surface area contributed by atoms with Crippen molar-refractivity contribution in [1.29, 1.82) is 0 Å². The van der Waals surface area contributed by atoms with E-state index in [-0.39, 0.29) is 6.04 Å². The second-order valence-electron chi connectivity index (χ2n) is 5.24. The van der Waals surface area contributed by atoms with E-state index in [1.54, 1.807) is 0 Å². The van der Waals surface area contributed by atoms with E-state index in [0.29, 0.717) is 11.9 Å². The van der Waals surface area contributed by atoms with E-state index in [1.807, 2.05) is 11.9 Å². The van der Waals surface area contributed by atoms with Gasteiger partial charge in [0.2, 0.25) is 5.91 Å². The maximum absolute atomic E-state index is 12.3. The third-order valence-corrected chi connectivity index (χ3v) is 4.08. The van der Waals surface area contributed by atoms with Gasteiger partial charge in [0.15, 0.2) is 0 Å². The Morgan fingerprint density at radius 3 is 2.38 bits per heavy atom. The molecule has 0 aromatic heterocycles. The molecule has 1 aliphatic carbocycles. The SMILES string of the molecule is CN(C(=O)[C@@H]1CCCCN1)C1CCCCC1. The van der Waals surface area contributed by atoms with Crippen LogP contribution < -0.4 is 5.32 Å². The predicted octanol–water partition coefficient (Wildman–Crippen LogP) is 1.92. The molecular formula is C13H24N2O. The van der Waals surface area contributed by atoms with Crippen LogP contribution in [0.25, 0.3) is 0 Å². The first kappa shape index (κ1) is 11.9. The fourth-order valence-corrected chi connectivity index (χ4v) is 2.96. The fourth-order valence-electron chi connectivity index (χ4n) is 2.96. The van der Waals surface area contributed by atoms with Crippen molar-refractivity contribution >= 4 is 5.91 Å². The summed E-state index contributed by atoms with van der Waals surface area (Å²) < 4.78 is 0. The summed E-state index contributed by atoms with van der Waals surface area (Å²) in [4.78, 5) is 14.3. The average molecular weight is 224 g/mol. The minimum Gasteiger partial charge on any atom is -0.341 e. The average Bonchev–Trinajstić information content (AvgIpc) is 2.39. The molecule has 1 saturated heterocycles. The van der Waals surface area contributed by atoms with Crippen molar-refractivity contribution in [3.8, 4) is 0 Å². The summed E-state index contributed by atoms with van der Waals surface area (Å²) in [6.07, 6.45) is 9.78. The van der Waals surface area contributed by atoms with Gasteiger partial charge in [0.05, 0.1) is 6.04 Å². The number of amides is 1. The number of hydrogen-bond acceptors (Lipinski definition) is 2. The van der Waals surface area contributed by atoms with Crippen molar-refractivity contribution in [3.05, 3.63) is 0 Å². The molecule has 0 bridgehead atoms. The number of piperidine rings is 1. The Balaban J connectivity index is 1.86. The van der Waals surface area contributed by atoms with Crippen LogP contribution in [0.5, 0.6) is 0 Å². The van der Waals surface area contributed by atoms with Crippen LogP contribution in [-0.4, -0.2) is 36.5 Å². The molecule has 1 saturated carbocycles. The molecule has 1 heterocycles. The first-order valence-electron chi connectivity index (χ1n) is 6.79. The minimum atomic E-state index is 0.0978. The molecule has 1 atom stereocenters. The van der Waals surface area contributed by atoms with Crippen molar-refractivity contribution in [2.24, 2.45) is 0 Å². The van der Waals surface area contributed by atoms with Gasteiger partial charge in [-0.1, -0.05) is 25.7 Å². The second kappa shape index (κ2) is 5.67. The van der Waals surface area contributed by atoms with E-state index in [9.17, 15) is 4.79 Å². The van der Waals surface area contributed by atoms with Crippen molar-refractivity contribution in [1.82, 2.24) is 10.2 Å². The van der Waals surface area contributed by atoms with Crippen LogP contribution in [0.3, 0.4) is 0 Å². The molecule has 2 fully saturated rings. The largest absolute Gasteiger partial charge is 0.341 e. The maximum Gasteiger partial charge on any atom is 0.239 e. The molecule has 0 spiro atoms. The zero-order chi connectivity index (χ0) is 11.4. The van der Waals surface area contributed by atoms with Crippen LogP contribution in [0, 0.1) is 0 Å². The molecule has 2 rings (SSSR count). The Morgan fingerprint density at radius 1 is 1.06 bits per heavy atom. The van der Waals surface area contributed by atoms with Gasteiger partial charge in [-0.3, -0.25) is 4.79 Å². The summed E-state index contributed by atoms with van der Waals surface area (Å²) in [6.45, 7) is 1.01. The highest BCUT2D eigenvalue weighted by molar-refractivity contribution is 5.82. The number of nitrogens with one attached hydrogen (secondary N) is 1. The summed E-state index contributed by atoms with van der Waals surface area (Å²) in [7, 11) is 1.99. The van der Waals surface area contributed by atoms with Crippen LogP contribution in [0.15, 0.2) is 0 Å². The lowest BCUT2D eigenvalue weighted by Gasteiger charge is -2.35. The molecule has 0 aromatic rings. The van der Waals surface area contributed by atoms with E-state index in [1.165, 1.54) is 44.9 Å². The van der Waals surface area contributed by atoms with Crippen molar-refractivity contribution in [3.63, 3.8) is 0 Å². The highest BCUT2D eigenvalue weighted by atomic mass is 16.2. The van der Waals surface area contributed by atoms with Gasteiger partial charge in [-0.15, -0.1) is 0 Å². The van der Waals surface area contributed by atoms with E-state index in [4.69, 9.17) is 0 Å². The third kappa shape index (κ3) is 2.76. The molecule has 1 N–H and O–H groups in total. The number of carbonyl (C=O) groups is 1. The molecular weight excluding hydrogens is 200 g/mol. The predicted molar refractivity (Wildman–Crippen MR) is 65.3 cm³/mol.